The van der Waals surface area contributed by atoms with E-state index in [1.54, 1.807) is 18.2 Å². The maximum Gasteiger partial charge on any atom is 0.245 e. The highest BCUT2D eigenvalue weighted by atomic mass is 19.1. The molecule has 45 heavy (non-hydrogen) atoms. The molecule has 1 aromatic rings. The van der Waals surface area contributed by atoms with Crippen molar-refractivity contribution in [2.75, 3.05) is 13.1 Å². The number of amides is 3. The number of piperidine rings is 1. The lowest BCUT2D eigenvalue weighted by atomic mass is 9.63. The predicted octanol–water partition coefficient (Wildman–Crippen LogP) is 5.22. The molecule has 1 aliphatic heterocycles. The molecule has 3 fully saturated rings. The summed E-state index contributed by atoms with van der Waals surface area (Å²) in [6, 6.07) is 4.84. The molecule has 0 spiro atoms. The Balaban J connectivity index is 1.35. The zero-order valence-corrected chi connectivity index (χ0v) is 27.2. The molecule has 5 atom stereocenters. The Hall–Kier alpha value is -3.26. The van der Waals surface area contributed by atoms with Gasteiger partial charge in [-0.3, -0.25) is 14.4 Å². The average molecular weight is 619 g/mol. The molecule has 4 aliphatic rings. The van der Waals surface area contributed by atoms with Crippen LogP contribution in [0.1, 0.15) is 77.7 Å². The van der Waals surface area contributed by atoms with E-state index in [9.17, 15) is 18.8 Å². The van der Waals surface area contributed by atoms with Gasteiger partial charge in [-0.05, 0) is 93.6 Å². The minimum atomic E-state index is -0.838. The summed E-state index contributed by atoms with van der Waals surface area (Å²) in [5, 5.41) is 6.35. The van der Waals surface area contributed by atoms with E-state index in [1.807, 2.05) is 31.7 Å². The van der Waals surface area contributed by atoms with Gasteiger partial charge >= 0.3 is 0 Å². The normalized spacial score (nSPS) is 27.2. The maximum atomic E-state index is 14.2. The second-order valence-corrected chi connectivity index (χ2v) is 14.8. The molecule has 0 radical (unpaired) electrons. The van der Waals surface area contributed by atoms with Gasteiger partial charge in [0, 0.05) is 37.0 Å². The van der Waals surface area contributed by atoms with E-state index in [-0.39, 0.29) is 53.4 Å². The summed E-state index contributed by atoms with van der Waals surface area (Å²) >= 11 is 0. The first-order chi connectivity index (χ1) is 21.4. The van der Waals surface area contributed by atoms with Gasteiger partial charge in [-0.25, -0.2) is 4.39 Å². The molecular formula is C37H51FN4O3. The van der Waals surface area contributed by atoms with Crippen molar-refractivity contribution < 1.29 is 18.8 Å². The Bertz CT molecular complexity index is 1330. The van der Waals surface area contributed by atoms with Gasteiger partial charge in [0.25, 0.3) is 0 Å². The van der Waals surface area contributed by atoms with Crippen molar-refractivity contribution in [2.24, 2.45) is 34.8 Å². The molecule has 2 bridgehead atoms. The number of allylic oxidation sites excluding steroid dienone is 3. The number of halogens is 1. The van der Waals surface area contributed by atoms with Crippen molar-refractivity contribution in [3.05, 3.63) is 72.1 Å². The van der Waals surface area contributed by atoms with Gasteiger partial charge < -0.3 is 21.3 Å². The summed E-state index contributed by atoms with van der Waals surface area (Å²) in [6.07, 6.45) is 11.4. The number of benzene rings is 1. The van der Waals surface area contributed by atoms with E-state index in [0.717, 1.165) is 48.8 Å². The van der Waals surface area contributed by atoms with Crippen molar-refractivity contribution >= 4 is 17.7 Å². The Labute approximate surface area is 268 Å². The number of rotatable bonds is 9. The van der Waals surface area contributed by atoms with Crippen molar-refractivity contribution in [2.45, 2.75) is 96.2 Å². The first-order valence-electron chi connectivity index (χ1n) is 16.8. The smallest absolute Gasteiger partial charge is 0.245 e. The summed E-state index contributed by atoms with van der Waals surface area (Å²) < 4.78 is 13.7. The van der Waals surface area contributed by atoms with Crippen LogP contribution in [0.2, 0.25) is 0 Å². The third-order valence-corrected chi connectivity index (χ3v) is 11.0. The number of nitrogens with one attached hydrogen (secondary N) is 2. The summed E-state index contributed by atoms with van der Waals surface area (Å²) in [4.78, 5) is 43.8. The minimum Gasteiger partial charge on any atom is -0.351 e. The molecule has 1 heterocycles. The van der Waals surface area contributed by atoms with Crippen molar-refractivity contribution in [1.82, 2.24) is 15.5 Å². The van der Waals surface area contributed by atoms with Crippen LogP contribution < -0.4 is 16.4 Å². The van der Waals surface area contributed by atoms with Crippen LogP contribution in [0.15, 0.2) is 60.7 Å². The lowest BCUT2D eigenvalue weighted by Crippen LogP contribution is -2.59. The largest absolute Gasteiger partial charge is 0.351 e. The summed E-state index contributed by atoms with van der Waals surface area (Å²) in [6.45, 7) is 14.8. The standard InChI is InChI=1S/C37H51FN4O3/c1-6-26-27(7-2)29-22-28(26)31(32(29)39)33(43)40-30(21-23-13-15-25(38)16-14-23)34(44)42-19-17-37(18-20-42,24-11-9-8-10-12-24)35(45)41-36(3,4)5/h6-7,13-16,24,28-32H,1-2,8-12,17-22,39H2,3-5H3,(H,40,43)(H,41,45)/t28?,29?,30-,31?,32?/m1/s1. The monoisotopic (exact) mass is 618 g/mol. The SMILES string of the molecule is C=CC1=C(C=C)C2CC1C(N)C2C(=O)N[C@H](Cc1ccc(F)cc1)C(=O)N1CCC(C(=O)NC(C)(C)C)(C2CCCCC2)CC1. The fourth-order valence-corrected chi connectivity index (χ4v) is 8.69. The molecule has 4 unspecified atom stereocenters. The van der Waals surface area contributed by atoms with Gasteiger partial charge in [0.2, 0.25) is 17.7 Å². The van der Waals surface area contributed by atoms with Crippen LogP contribution in [0.25, 0.3) is 0 Å². The van der Waals surface area contributed by atoms with Crippen LogP contribution in [-0.2, 0) is 20.8 Å². The van der Waals surface area contributed by atoms with Crippen molar-refractivity contribution in [3.8, 4) is 0 Å². The molecule has 1 saturated heterocycles. The molecule has 7 nitrogen and oxygen atoms in total. The first kappa shape index (κ1) is 33.1. The quantitative estimate of drug-likeness (QED) is 0.353. The highest BCUT2D eigenvalue weighted by Crippen LogP contribution is 2.52. The van der Waals surface area contributed by atoms with Crippen LogP contribution in [0.5, 0.6) is 0 Å². The minimum absolute atomic E-state index is 0.0387. The number of likely N-dealkylation sites (tertiary alicyclic amines) is 1. The van der Waals surface area contributed by atoms with E-state index in [4.69, 9.17) is 5.73 Å². The van der Waals surface area contributed by atoms with E-state index < -0.39 is 17.4 Å². The molecule has 4 N–H and O–H groups in total. The fraction of sp³-hybridized carbons (Fsp3) is 0.595. The van der Waals surface area contributed by atoms with E-state index in [1.165, 1.54) is 18.6 Å². The third kappa shape index (κ3) is 6.67. The fourth-order valence-electron chi connectivity index (χ4n) is 8.69. The topological polar surface area (TPSA) is 105 Å². The molecule has 5 rings (SSSR count). The lowest BCUT2D eigenvalue weighted by Gasteiger charge is -2.48. The first-order valence-corrected chi connectivity index (χ1v) is 16.8. The number of fused-ring (bicyclic) bond motifs is 2. The van der Waals surface area contributed by atoms with E-state index in [0.29, 0.717) is 31.8 Å². The maximum absolute atomic E-state index is 14.2. The lowest BCUT2D eigenvalue weighted by molar-refractivity contribution is -0.147. The number of nitrogens with zero attached hydrogens (tertiary/aromatic N) is 1. The van der Waals surface area contributed by atoms with Crippen molar-refractivity contribution in [3.63, 3.8) is 0 Å². The summed E-state index contributed by atoms with van der Waals surface area (Å²) in [5.41, 5.74) is 8.62. The van der Waals surface area contributed by atoms with Crippen LogP contribution in [0, 0.1) is 34.9 Å². The van der Waals surface area contributed by atoms with Crippen molar-refractivity contribution in [1.29, 1.82) is 0 Å². The highest BCUT2D eigenvalue weighted by molar-refractivity contribution is 5.90. The second-order valence-electron chi connectivity index (χ2n) is 14.8. The number of nitrogens with two attached hydrogens (primary N) is 1. The molecule has 244 valence electrons. The van der Waals surface area contributed by atoms with Gasteiger partial charge in [0.1, 0.15) is 11.9 Å². The van der Waals surface area contributed by atoms with Gasteiger partial charge in [0.15, 0.2) is 0 Å². The number of carbonyl (C=O) groups is 3. The van der Waals surface area contributed by atoms with Crippen LogP contribution in [0.3, 0.4) is 0 Å². The molecule has 2 saturated carbocycles. The average Bonchev–Trinajstić information content (AvgIpc) is 3.55. The Morgan fingerprint density at radius 3 is 2.20 bits per heavy atom. The molecule has 8 heteroatoms. The Kier molecular flexibility index (Phi) is 9.73. The van der Waals surface area contributed by atoms with Crippen LogP contribution in [-0.4, -0.2) is 53.3 Å². The van der Waals surface area contributed by atoms with Gasteiger partial charge in [-0.15, -0.1) is 0 Å². The number of carbonyl (C=O) groups excluding carboxylic acids is 3. The van der Waals surface area contributed by atoms with Crippen LogP contribution in [0.4, 0.5) is 4.39 Å². The molecular weight excluding hydrogens is 567 g/mol. The Morgan fingerprint density at radius 2 is 1.62 bits per heavy atom. The summed E-state index contributed by atoms with van der Waals surface area (Å²) in [7, 11) is 0. The molecule has 1 aromatic carbocycles. The predicted molar refractivity (Wildman–Crippen MR) is 175 cm³/mol. The van der Waals surface area contributed by atoms with Gasteiger partial charge in [-0.1, -0.05) is 56.7 Å². The third-order valence-electron chi connectivity index (χ3n) is 11.0. The van der Waals surface area contributed by atoms with E-state index >= 15 is 0 Å². The van der Waals surface area contributed by atoms with Gasteiger partial charge in [-0.2, -0.15) is 0 Å². The second kappa shape index (κ2) is 13.2. The molecule has 3 aliphatic carbocycles. The molecule has 0 aromatic heterocycles. The summed E-state index contributed by atoms with van der Waals surface area (Å²) in [5.74, 6) is -0.880. The highest BCUT2D eigenvalue weighted by Gasteiger charge is 2.53. The number of hydrogen-bond acceptors (Lipinski definition) is 4. The zero-order chi connectivity index (χ0) is 32.5. The van der Waals surface area contributed by atoms with E-state index in [2.05, 4.69) is 23.8 Å². The Morgan fingerprint density at radius 1 is 1.02 bits per heavy atom. The number of hydrogen-bond donors (Lipinski definition) is 3. The molecule has 3 amide bonds. The van der Waals surface area contributed by atoms with Gasteiger partial charge in [0.05, 0.1) is 11.3 Å². The zero-order valence-electron chi connectivity index (χ0n) is 27.2. The van der Waals surface area contributed by atoms with Crippen LogP contribution >= 0.6 is 0 Å².